The first-order valence-corrected chi connectivity index (χ1v) is 11.0. The number of para-hydroxylation sites is 2. The maximum atomic E-state index is 10.3. The third kappa shape index (κ3) is 2.49. The van der Waals surface area contributed by atoms with E-state index in [1.807, 2.05) is 42.6 Å². The molecular formula is C29H19N3O. The Morgan fingerprint density at radius 2 is 1.36 bits per heavy atom. The van der Waals surface area contributed by atoms with Crippen molar-refractivity contribution in [3.05, 3.63) is 109 Å². The molecule has 1 N–H and O–H groups in total. The molecule has 0 aliphatic carbocycles. The third-order valence-corrected chi connectivity index (χ3v) is 6.44. The number of nitrogens with zero attached hydrogens (tertiary/aromatic N) is 3. The Morgan fingerprint density at radius 3 is 2.21 bits per heavy atom. The maximum Gasteiger partial charge on any atom is 0.137 e. The Bertz CT molecular complexity index is 1810. The summed E-state index contributed by atoms with van der Waals surface area (Å²) in [5.41, 5.74) is 5.46. The number of phenolic OH excluding ortho intramolecular Hbond substituents is 1. The van der Waals surface area contributed by atoms with Crippen LogP contribution in [0.25, 0.3) is 55.1 Å². The molecule has 0 saturated heterocycles. The molecule has 4 aromatic carbocycles. The van der Waals surface area contributed by atoms with Gasteiger partial charge in [-0.3, -0.25) is 4.57 Å². The molecule has 0 radical (unpaired) electrons. The summed E-state index contributed by atoms with van der Waals surface area (Å²) >= 11 is 0. The summed E-state index contributed by atoms with van der Waals surface area (Å²) in [5, 5.41) is 14.9. The zero-order valence-corrected chi connectivity index (χ0v) is 17.7. The Labute approximate surface area is 189 Å². The highest BCUT2D eigenvalue weighted by atomic mass is 16.3. The molecular weight excluding hydrogens is 406 g/mol. The zero-order chi connectivity index (χ0) is 21.9. The van der Waals surface area contributed by atoms with Crippen molar-refractivity contribution in [1.29, 1.82) is 0 Å². The van der Waals surface area contributed by atoms with Crippen LogP contribution in [0.15, 0.2) is 109 Å². The van der Waals surface area contributed by atoms with Crippen LogP contribution in [0, 0.1) is 0 Å². The van der Waals surface area contributed by atoms with E-state index in [-0.39, 0.29) is 5.75 Å². The first kappa shape index (κ1) is 18.0. The van der Waals surface area contributed by atoms with Crippen LogP contribution in [0.2, 0.25) is 0 Å². The van der Waals surface area contributed by atoms with Gasteiger partial charge in [-0.2, -0.15) is 0 Å². The molecule has 0 fully saturated rings. The average Bonchev–Trinajstić information content (AvgIpc) is 3.37. The monoisotopic (exact) mass is 425 g/mol. The van der Waals surface area contributed by atoms with Crippen molar-refractivity contribution in [3.8, 4) is 17.3 Å². The molecule has 33 heavy (non-hydrogen) atoms. The molecule has 3 heterocycles. The lowest BCUT2D eigenvalue weighted by Crippen LogP contribution is -1.97. The number of hydrogen-bond acceptors (Lipinski definition) is 2. The fourth-order valence-electron chi connectivity index (χ4n) is 5.12. The molecule has 0 spiro atoms. The third-order valence-electron chi connectivity index (χ3n) is 6.44. The van der Waals surface area contributed by atoms with Crippen LogP contribution in [-0.4, -0.2) is 19.2 Å². The van der Waals surface area contributed by atoms with Gasteiger partial charge in [-0.1, -0.05) is 48.5 Å². The SMILES string of the molecule is Oc1ccc2c3ccc4c(c5ccccc5n4-c4ccccc4)c3n(-c3ccccn3)c2c1. The van der Waals surface area contributed by atoms with E-state index in [2.05, 4.69) is 74.8 Å². The molecule has 0 aliphatic heterocycles. The second kappa shape index (κ2) is 6.71. The lowest BCUT2D eigenvalue weighted by molar-refractivity contribution is 0.476. The van der Waals surface area contributed by atoms with Crippen LogP contribution >= 0.6 is 0 Å². The van der Waals surface area contributed by atoms with Crippen LogP contribution in [0.5, 0.6) is 5.75 Å². The number of fused-ring (bicyclic) bond motifs is 7. The van der Waals surface area contributed by atoms with E-state index in [1.54, 1.807) is 6.07 Å². The predicted molar refractivity (Wildman–Crippen MR) is 135 cm³/mol. The summed E-state index contributed by atoms with van der Waals surface area (Å²) in [6.07, 6.45) is 1.81. The quantitative estimate of drug-likeness (QED) is 0.325. The molecule has 0 amide bonds. The van der Waals surface area contributed by atoms with Crippen molar-refractivity contribution >= 4 is 43.6 Å². The fraction of sp³-hybridized carbons (Fsp3) is 0. The highest BCUT2D eigenvalue weighted by molar-refractivity contribution is 6.26. The molecule has 4 nitrogen and oxygen atoms in total. The summed E-state index contributed by atoms with van der Waals surface area (Å²) in [4.78, 5) is 4.68. The number of benzene rings is 4. The number of aromatic hydroxyl groups is 1. The first-order valence-electron chi connectivity index (χ1n) is 11.0. The van der Waals surface area contributed by atoms with E-state index < -0.39 is 0 Å². The Hall–Kier alpha value is -4.57. The summed E-state index contributed by atoms with van der Waals surface area (Å²) in [6.45, 7) is 0. The first-order chi connectivity index (χ1) is 16.3. The lowest BCUT2D eigenvalue weighted by atomic mass is 10.1. The van der Waals surface area contributed by atoms with Crippen molar-refractivity contribution < 1.29 is 5.11 Å². The fourth-order valence-corrected chi connectivity index (χ4v) is 5.12. The highest BCUT2D eigenvalue weighted by Crippen LogP contribution is 2.42. The minimum absolute atomic E-state index is 0.241. The van der Waals surface area contributed by atoms with Crippen LogP contribution in [0.3, 0.4) is 0 Å². The minimum Gasteiger partial charge on any atom is -0.508 e. The number of pyridine rings is 1. The summed E-state index contributed by atoms with van der Waals surface area (Å²) in [6, 6.07) is 34.9. The van der Waals surface area contributed by atoms with Crippen LogP contribution < -0.4 is 0 Å². The number of phenols is 1. The molecule has 7 rings (SSSR count). The van der Waals surface area contributed by atoms with Gasteiger partial charge >= 0.3 is 0 Å². The molecule has 0 atom stereocenters. The molecule has 4 heteroatoms. The highest BCUT2D eigenvalue weighted by Gasteiger charge is 2.21. The summed E-state index contributed by atoms with van der Waals surface area (Å²) < 4.78 is 4.50. The van der Waals surface area contributed by atoms with E-state index in [0.29, 0.717) is 0 Å². The van der Waals surface area contributed by atoms with Crippen molar-refractivity contribution in [2.24, 2.45) is 0 Å². The molecule has 156 valence electrons. The lowest BCUT2D eigenvalue weighted by Gasteiger charge is -2.09. The smallest absolute Gasteiger partial charge is 0.137 e. The van der Waals surface area contributed by atoms with Gasteiger partial charge in [-0.15, -0.1) is 0 Å². The van der Waals surface area contributed by atoms with Gasteiger partial charge in [0.2, 0.25) is 0 Å². The van der Waals surface area contributed by atoms with Gasteiger partial charge in [0.05, 0.1) is 22.1 Å². The second-order valence-electron chi connectivity index (χ2n) is 8.27. The maximum absolute atomic E-state index is 10.3. The summed E-state index contributed by atoms with van der Waals surface area (Å²) in [7, 11) is 0. The molecule has 3 aromatic heterocycles. The number of hydrogen-bond donors (Lipinski definition) is 1. The minimum atomic E-state index is 0.241. The molecule has 0 saturated carbocycles. The number of aromatic nitrogens is 3. The molecule has 0 bridgehead atoms. The average molecular weight is 425 g/mol. The standard InChI is InChI=1S/C29H19N3O/c33-20-13-14-21-22-15-16-25-28(29(22)32(26(21)18-20)27-12-6-7-17-30-27)23-10-4-5-11-24(23)31(25)19-8-2-1-3-9-19/h1-18,33H. The largest absolute Gasteiger partial charge is 0.508 e. The van der Waals surface area contributed by atoms with Gasteiger partial charge in [-0.05, 0) is 48.5 Å². The van der Waals surface area contributed by atoms with Gasteiger partial charge in [-0.25, -0.2) is 4.98 Å². The van der Waals surface area contributed by atoms with Crippen molar-refractivity contribution in [2.75, 3.05) is 0 Å². The van der Waals surface area contributed by atoms with Crippen molar-refractivity contribution in [1.82, 2.24) is 14.1 Å². The van der Waals surface area contributed by atoms with Gasteiger partial charge in [0.1, 0.15) is 11.6 Å². The Balaban J connectivity index is 1.77. The van der Waals surface area contributed by atoms with Crippen LogP contribution in [0.1, 0.15) is 0 Å². The predicted octanol–water partition coefficient (Wildman–Crippen LogP) is 6.98. The second-order valence-corrected chi connectivity index (χ2v) is 8.27. The van der Waals surface area contributed by atoms with Crippen molar-refractivity contribution in [2.45, 2.75) is 0 Å². The Morgan fingerprint density at radius 1 is 0.576 bits per heavy atom. The van der Waals surface area contributed by atoms with Gasteiger partial charge in [0, 0.05) is 39.5 Å². The van der Waals surface area contributed by atoms with E-state index in [1.165, 1.54) is 10.8 Å². The topological polar surface area (TPSA) is 43.0 Å². The van der Waals surface area contributed by atoms with E-state index >= 15 is 0 Å². The summed E-state index contributed by atoms with van der Waals surface area (Å²) in [5.74, 6) is 1.07. The normalized spacial score (nSPS) is 11.8. The van der Waals surface area contributed by atoms with Gasteiger partial charge in [0.15, 0.2) is 0 Å². The van der Waals surface area contributed by atoms with Crippen LogP contribution in [0.4, 0.5) is 0 Å². The van der Waals surface area contributed by atoms with Gasteiger partial charge < -0.3 is 9.67 Å². The van der Waals surface area contributed by atoms with E-state index in [0.717, 1.165) is 44.3 Å². The van der Waals surface area contributed by atoms with Crippen LogP contribution in [-0.2, 0) is 0 Å². The Kier molecular flexibility index (Phi) is 3.67. The van der Waals surface area contributed by atoms with Crippen molar-refractivity contribution in [3.63, 3.8) is 0 Å². The molecule has 0 aliphatic rings. The van der Waals surface area contributed by atoms with E-state index in [4.69, 9.17) is 0 Å². The molecule has 0 unspecified atom stereocenters. The molecule has 7 aromatic rings. The van der Waals surface area contributed by atoms with E-state index in [9.17, 15) is 5.11 Å². The van der Waals surface area contributed by atoms with Gasteiger partial charge in [0.25, 0.3) is 0 Å². The zero-order valence-electron chi connectivity index (χ0n) is 17.7. The number of rotatable bonds is 2.